The van der Waals surface area contributed by atoms with Gasteiger partial charge in [-0.3, -0.25) is 25.0 Å². The van der Waals surface area contributed by atoms with E-state index in [0.29, 0.717) is 0 Å². The molecule has 1 aromatic carbocycles. The van der Waals surface area contributed by atoms with Crippen molar-refractivity contribution in [3.63, 3.8) is 0 Å². The Hall–Kier alpha value is -2.31. The minimum absolute atomic E-state index is 0.427. The Balaban J connectivity index is 3.51. The van der Waals surface area contributed by atoms with E-state index in [0.717, 1.165) is 12.1 Å². The van der Waals surface area contributed by atoms with Crippen LogP contribution in [0.4, 0.5) is 11.4 Å². The van der Waals surface area contributed by atoms with Gasteiger partial charge in [0, 0.05) is 6.07 Å². The van der Waals surface area contributed by atoms with Crippen LogP contribution in [0.25, 0.3) is 0 Å². The molecule has 7 nitrogen and oxygen atoms in total. The summed E-state index contributed by atoms with van der Waals surface area (Å²) < 4.78 is 0. The molecule has 0 saturated carbocycles. The Morgan fingerprint density at radius 1 is 1.14 bits per heavy atom. The molecule has 0 aliphatic carbocycles. The van der Waals surface area contributed by atoms with Gasteiger partial charge in [-0.1, -0.05) is 6.07 Å². The Morgan fingerprint density at radius 3 is 2.21 bits per heavy atom. The smallest absolute Gasteiger partial charge is 0.285 e. The third-order valence-electron chi connectivity index (χ3n) is 1.50. The zero-order valence-electron chi connectivity index (χ0n) is 6.67. The van der Waals surface area contributed by atoms with Gasteiger partial charge in [0.2, 0.25) is 6.29 Å². The number of nitro groups is 2. The Labute approximate surface area is 77.3 Å². The van der Waals surface area contributed by atoms with E-state index in [1.54, 1.807) is 0 Å². The van der Waals surface area contributed by atoms with E-state index in [1.165, 1.54) is 12.4 Å². The van der Waals surface area contributed by atoms with Gasteiger partial charge in [-0.25, -0.2) is 0 Å². The molecule has 0 fully saturated rings. The largest absolute Gasteiger partial charge is 0.357 e. The Kier molecular flexibility index (Phi) is 2.52. The number of hydrogen-bond donors (Lipinski definition) is 0. The van der Waals surface area contributed by atoms with Crippen molar-refractivity contribution >= 4 is 17.7 Å². The summed E-state index contributed by atoms with van der Waals surface area (Å²) in [6, 6.07) is 3.24. The average Bonchev–Trinajstić information content (AvgIpc) is 2.16. The maximum absolute atomic E-state index is 10.4. The summed E-state index contributed by atoms with van der Waals surface area (Å²) in [5.74, 6) is 0. The number of benzene rings is 1. The maximum atomic E-state index is 10.4. The minimum atomic E-state index is -0.974. The fourth-order valence-electron chi connectivity index (χ4n) is 0.953. The lowest BCUT2D eigenvalue weighted by molar-refractivity contribution is -0.422. The molecule has 0 amide bonds. The molecule has 1 aromatic rings. The van der Waals surface area contributed by atoms with E-state index < -0.39 is 26.8 Å². The summed E-state index contributed by atoms with van der Waals surface area (Å²) in [5.41, 5.74) is -1.97. The first kappa shape index (κ1) is 9.78. The summed E-state index contributed by atoms with van der Waals surface area (Å²) in [5, 5.41) is 20.8. The number of para-hydroxylation sites is 1. The molecule has 0 heterocycles. The molecule has 0 aromatic heterocycles. The average molecular weight is 195 g/mol. The van der Waals surface area contributed by atoms with Crippen molar-refractivity contribution in [2.45, 2.75) is 0 Å². The van der Waals surface area contributed by atoms with Crippen molar-refractivity contribution in [2.24, 2.45) is 0 Å². The van der Waals surface area contributed by atoms with Crippen LogP contribution in [0.1, 0.15) is 5.56 Å². The lowest BCUT2D eigenvalue weighted by Crippen LogP contribution is -2.00. The van der Waals surface area contributed by atoms with Crippen LogP contribution in [0.2, 0.25) is 0 Å². The molecule has 1 rings (SSSR count). The summed E-state index contributed by atoms with van der Waals surface area (Å²) in [7, 11) is 0. The van der Waals surface area contributed by atoms with Crippen molar-refractivity contribution in [1.29, 1.82) is 0 Å². The van der Waals surface area contributed by atoms with E-state index in [1.807, 2.05) is 0 Å². The van der Waals surface area contributed by atoms with E-state index in [2.05, 4.69) is 0 Å². The molecule has 1 radical (unpaired) electrons. The summed E-state index contributed by atoms with van der Waals surface area (Å²) in [6.45, 7) is 0. The molecule has 71 valence electrons. The van der Waals surface area contributed by atoms with Crippen molar-refractivity contribution in [1.82, 2.24) is 0 Å². The minimum Gasteiger partial charge on any atom is -0.285 e. The summed E-state index contributed by atoms with van der Waals surface area (Å²) in [6.07, 6.45) is 1.28. The van der Waals surface area contributed by atoms with Crippen LogP contribution in [-0.2, 0) is 4.79 Å². The fourth-order valence-corrected chi connectivity index (χ4v) is 0.953. The zero-order valence-corrected chi connectivity index (χ0v) is 6.67. The number of rotatable bonds is 3. The number of nitro benzene ring substituents is 2. The van der Waals surface area contributed by atoms with E-state index in [4.69, 9.17) is 0 Å². The fraction of sp³-hybridized carbons (Fsp3) is 0. The van der Waals surface area contributed by atoms with Gasteiger partial charge in [-0.2, -0.15) is 0 Å². The lowest BCUT2D eigenvalue weighted by Gasteiger charge is -1.95. The number of hydrogen-bond acceptors (Lipinski definition) is 5. The summed E-state index contributed by atoms with van der Waals surface area (Å²) >= 11 is 0. The molecular formula is C7H3N2O5. The molecule has 0 bridgehead atoms. The highest BCUT2D eigenvalue weighted by Gasteiger charge is 2.27. The van der Waals surface area contributed by atoms with Crippen LogP contribution in [0.15, 0.2) is 18.2 Å². The van der Waals surface area contributed by atoms with Gasteiger partial charge in [-0.15, -0.1) is 0 Å². The molecule has 0 saturated heterocycles. The van der Waals surface area contributed by atoms with E-state index in [9.17, 15) is 25.0 Å². The van der Waals surface area contributed by atoms with Crippen LogP contribution in [-0.4, -0.2) is 16.1 Å². The second kappa shape index (κ2) is 3.60. The van der Waals surface area contributed by atoms with Gasteiger partial charge in [0.25, 0.3) is 0 Å². The molecular weight excluding hydrogens is 192 g/mol. The van der Waals surface area contributed by atoms with Gasteiger partial charge in [0.1, 0.15) is 5.56 Å². The topological polar surface area (TPSA) is 103 Å². The second-order valence-corrected chi connectivity index (χ2v) is 2.29. The maximum Gasteiger partial charge on any atom is 0.357 e. The van der Waals surface area contributed by atoms with Gasteiger partial charge in [0.05, 0.1) is 9.85 Å². The summed E-state index contributed by atoms with van der Waals surface area (Å²) in [4.78, 5) is 29.2. The van der Waals surface area contributed by atoms with Gasteiger partial charge in [0.15, 0.2) is 0 Å². The third kappa shape index (κ3) is 1.56. The zero-order chi connectivity index (χ0) is 10.7. The molecule has 7 heteroatoms. The van der Waals surface area contributed by atoms with Crippen LogP contribution in [0.3, 0.4) is 0 Å². The highest BCUT2D eigenvalue weighted by Crippen LogP contribution is 2.28. The Bertz CT molecular complexity index is 415. The second-order valence-electron chi connectivity index (χ2n) is 2.29. The van der Waals surface area contributed by atoms with Crippen LogP contribution in [0.5, 0.6) is 0 Å². The predicted octanol–water partition coefficient (Wildman–Crippen LogP) is 0.961. The van der Waals surface area contributed by atoms with Gasteiger partial charge < -0.3 is 0 Å². The molecule has 0 unspecified atom stereocenters. The number of nitrogens with zero attached hydrogens (tertiary/aromatic N) is 2. The standard InChI is InChI=1S/C7H3N2O5/c10-4-5-2-1-3-6(8(11)12)7(5)9(13)14/h1-3H. The quantitative estimate of drug-likeness (QED) is 0.527. The van der Waals surface area contributed by atoms with Gasteiger partial charge >= 0.3 is 11.4 Å². The van der Waals surface area contributed by atoms with Crippen molar-refractivity contribution < 1.29 is 14.6 Å². The first-order valence-corrected chi connectivity index (χ1v) is 3.38. The molecule has 14 heavy (non-hydrogen) atoms. The van der Waals surface area contributed by atoms with Crippen molar-refractivity contribution in [3.05, 3.63) is 44.0 Å². The van der Waals surface area contributed by atoms with E-state index >= 15 is 0 Å². The normalized spacial score (nSPS) is 9.43. The highest BCUT2D eigenvalue weighted by molar-refractivity contribution is 5.85. The van der Waals surface area contributed by atoms with Crippen LogP contribution in [0, 0.1) is 20.2 Å². The SMILES string of the molecule is O=[C]c1cccc([N+](=O)[O-])c1[N+](=O)[O-]. The molecule has 0 aliphatic heterocycles. The first-order valence-electron chi connectivity index (χ1n) is 3.38. The molecule has 0 N–H and O–H groups in total. The molecule has 0 spiro atoms. The number of carbonyl (C=O) groups excluding carboxylic acids is 1. The Morgan fingerprint density at radius 2 is 1.79 bits per heavy atom. The first-order chi connectivity index (χ1) is 6.57. The molecule has 0 aliphatic rings. The van der Waals surface area contributed by atoms with Gasteiger partial charge in [-0.05, 0) is 6.07 Å². The van der Waals surface area contributed by atoms with Crippen LogP contribution < -0.4 is 0 Å². The highest BCUT2D eigenvalue weighted by atomic mass is 16.6. The lowest BCUT2D eigenvalue weighted by atomic mass is 10.2. The van der Waals surface area contributed by atoms with Crippen LogP contribution >= 0.6 is 0 Å². The van der Waals surface area contributed by atoms with Crippen molar-refractivity contribution in [2.75, 3.05) is 0 Å². The van der Waals surface area contributed by atoms with Crippen molar-refractivity contribution in [3.8, 4) is 0 Å². The molecule has 0 atom stereocenters. The van der Waals surface area contributed by atoms with E-state index in [-0.39, 0.29) is 0 Å². The predicted molar refractivity (Wildman–Crippen MR) is 44.5 cm³/mol. The monoisotopic (exact) mass is 195 g/mol. The third-order valence-corrected chi connectivity index (χ3v) is 1.50.